The van der Waals surface area contributed by atoms with Crippen molar-refractivity contribution in [2.24, 2.45) is 5.73 Å². The number of nitrogens with zero attached hydrogens (tertiary/aromatic N) is 4. The summed E-state index contributed by atoms with van der Waals surface area (Å²) in [6.45, 7) is 1.75. The van der Waals surface area contributed by atoms with Gasteiger partial charge in [0.25, 0.3) is 0 Å². The maximum atomic E-state index is 10.6. The fraction of sp³-hybridized carbons (Fsp3) is 0.700. The molecular weight excluding hydrogens is 222 g/mol. The lowest BCUT2D eigenvalue weighted by Gasteiger charge is -2.08. The van der Waals surface area contributed by atoms with E-state index < -0.39 is 12.0 Å². The smallest absolute Gasteiger partial charge is 0.320 e. The van der Waals surface area contributed by atoms with Crippen molar-refractivity contribution in [2.75, 3.05) is 20.6 Å². The second kappa shape index (κ2) is 6.31. The number of hydrogen-bond donors (Lipinski definition) is 2. The van der Waals surface area contributed by atoms with Gasteiger partial charge in [-0.05, 0) is 27.1 Å². The van der Waals surface area contributed by atoms with Crippen LogP contribution in [0.1, 0.15) is 12.1 Å². The number of carbonyl (C=O) groups is 1. The van der Waals surface area contributed by atoms with E-state index in [9.17, 15) is 4.79 Å². The molecule has 1 aromatic rings. The zero-order valence-corrected chi connectivity index (χ0v) is 10.2. The van der Waals surface area contributed by atoms with Gasteiger partial charge in [-0.2, -0.15) is 0 Å². The topological polar surface area (TPSA) is 97.3 Å². The zero-order valence-electron chi connectivity index (χ0n) is 10.2. The Labute approximate surface area is 100 Å². The molecule has 0 bridgehead atoms. The Morgan fingerprint density at radius 1 is 1.65 bits per heavy atom. The van der Waals surface area contributed by atoms with Gasteiger partial charge in [0, 0.05) is 19.2 Å². The minimum Gasteiger partial charge on any atom is -0.480 e. The van der Waals surface area contributed by atoms with Crippen molar-refractivity contribution in [3.05, 3.63) is 11.9 Å². The van der Waals surface area contributed by atoms with Crippen molar-refractivity contribution >= 4 is 5.97 Å². The second-order valence-electron chi connectivity index (χ2n) is 4.28. The van der Waals surface area contributed by atoms with Crippen molar-refractivity contribution in [3.63, 3.8) is 0 Å². The van der Waals surface area contributed by atoms with Gasteiger partial charge in [0.2, 0.25) is 0 Å². The standard InChI is InChI=1S/C10H19N5O2/c1-14(2)4-3-5-15-7-8(12-13-15)6-9(11)10(16)17/h7,9H,3-6,11H2,1-2H3,(H,16,17). The Balaban J connectivity index is 2.40. The van der Waals surface area contributed by atoms with Crippen LogP contribution in [0.2, 0.25) is 0 Å². The van der Waals surface area contributed by atoms with Crippen molar-refractivity contribution in [1.29, 1.82) is 0 Å². The first-order valence-electron chi connectivity index (χ1n) is 5.51. The molecule has 0 aliphatic heterocycles. The monoisotopic (exact) mass is 241 g/mol. The van der Waals surface area contributed by atoms with Gasteiger partial charge in [-0.15, -0.1) is 5.10 Å². The number of hydrogen-bond acceptors (Lipinski definition) is 5. The molecule has 0 aromatic carbocycles. The molecule has 96 valence electrons. The number of nitrogens with two attached hydrogens (primary N) is 1. The summed E-state index contributed by atoms with van der Waals surface area (Å²) in [4.78, 5) is 12.7. The first-order chi connectivity index (χ1) is 7.99. The summed E-state index contributed by atoms with van der Waals surface area (Å²) in [5, 5.41) is 16.5. The number of carboxylic acid groups (broad SMARTS) is 1. The first-order valence-corrected chi connectivity index (χ1v) is 5.51. The van der Waals surface area contributed by atoms with E-state index in [0.29, 0.717) is 5.69 Å². The summed E-state index contributed by atoms with van der Waals surface area (Å²) < 4.78 is 1.72. The van der Waals surface area contributed by atoms with Crippen LogP contribution in [0.4, 0.5) is 0 Å². The van der Waals surface area contributed by atoms with E-state index in [0.717, 1.165) is 19.5 Å². The molecule has 0 aliphatic rings. The highest BCUT2D eigenvalue weighted by Gasteiger charge is 2.14. The highest BCUT2D eigenvalue weighted by atomic mass is 16.4. The van der Waals surface area contributed by atoms with E-state index in [-0.39, 0.29) is 6.42 Å². The molecule has 1 aromatic heterocycles. The van der Waals surface area contributed by atoms with Crippen molar-refractivity contribution in [1.82, 2.24) is 19.9 Å². The summed E-state index contributed by atoms with van der Waals surface area (Å²) in [5.74, 6) is -1.02. The fourth-order valence-electron chi connectivity index (χ4n) is 1.40. The average molecular weight is 241 g/mol. The van der Waals surface area contributed by atoms with E-state index >= 15 is 0 Å². The largest absolute Gasteiger partial charge is 0.480 e. The quantitative estimate of drug-likeness (QED) is 0.647. The molecule has 1 unspecified atom stereocenters. The Hall–Kier alpha value is -1.47. The third kappa shape index (κ3) is 4.92. The first kappa shape index (κ1) is 13.6. The summed E-state index contributed by atoms with van der Waals surface area (Å²) in [5.41, 5.74) is 6.03. The lowest BCUT2D eigenvalue weighted by molar-refractivity contribution is -0.138. The van der Waals surface area contributed by atoms with E-state index in [1.165, 1.54) is 0 Å². The van der Waals surface area contributed by atoms with Gasteiger partial charge in [0.1, 0.15) is 6.04 Å². The van der Waals surface area contributed by atoms with Crippen molar-refractivity contribution in [3.8, 4) is 0 Å². The molecule has 17 heavy (non-hydrogen) atoms. The molecule has 7 nitrogen and oxygen atoms in total. The van der Waals surface area contributed by atoms with E-state index in [2.05, 4.69) is 15.2 Å². The molecular formula is C10H19N5O2. The Morgan fingerprint density at radius 3 is 2.94 bits per heavy atom. The molecule has 0 spiro atoms. The van der Waals surface area contributed by atoms with Crippen LogP contribution < -0.4 is 5.73 Å². The predicted molar refractivity (Wildman–Crippen MR) is 62.5 cm³/mol. The molecule has 1 heterocycles. The molecule has 0 amide bonds. The average Bonchev–Trinajstić information content (AvgIpc) is 2.65. The normalized spacial score (nSPS) is 12.9. The van der Waals surface area contributed by atoms with Gasteiger partial charge in [-0.1, -0.05) is 5.21 Å². The van der Waals surface area contributed by atoms with Crippen LogP contribution in [0.3, 0.4) is 0 Å². The maximum absolute atomic E-state index is 10.6. The van der Waals surface area contributed by atoms with E-state index in [1.54, 1.807) is 10.9 Å². The maximum Gasteiger partial charge on any atom is 0.320 e. The zero-order chi connectivity index (χ0) is 12.8. The summed E-state index contributed by atoms with van der Waals surface area (Å²) >= 11 is 0. The number of aromatic nitrogens is 3. The van der Waals surface area contributed by atoms with E-state index in [1.807, 2.05) is 14.1 Å². The van der Waals surface area contributed by atoms with Crippen LogP contribution >= 0.6 is 0 Å². The third-order valence-electron chi connectivity index (χ3n) is 2.32. The minimum absolute atomic E-state index is 0.211. The minimum atomic E-state index is -1.02. The van der Waals surface area contributed by atoms with Crippen LogP contribution in [0, 0.1) is 0 Å². The molecule has 1 atom stereocenters. The molecule has 7 heteroatoms. The molecule has 0 saturated heterocycles. The van der Waals surface area contributed by atoms with E-state index in [4.69, 9.17) is 10.8 Å². The summed E-state index contributed by atoms with van der Waals surface area (Å²) in [6, 6.07) is -0.915. The molecule has 0 fully saturated rings. The van der Waals surface area contributed by atoms with Crippen LogP contribution in [0.15, 0.2) is 6.20 Å². The lowest BCUT2D eigenvalue weighted by atomic mass is 10.2. The van der Waals surface area contributed by atoms with Crippen molar-refractivity contribution < 1.29 is 9.90 Å². The number of aliphatic carboxylic acids is 1. The van der Waals surface area contributed by atoms with Crippen LogP contribution in [-0.4, -0.2) is 57.7 Å². The highest BCUT2D eigenvalue weighted by Crippen LogP contribution is 1.99. The summed E-state index contributed by atoms with van der Waals surface area (Å²) in [7, 11) is 4.03. The molecule has 3 N–H and O–H groups in total. The van der Waals surface area contributed by atoms with Gasteiger partial charge >= 0.3 is 5.97 Å². The molecule has 0 radical (unpaired) electrons. The van der Waals surface area contributed by atoms with Crippen molar-refractivity contribution in [2.45, 2.75) is 25.4 Å². The predicted octanol–water partition coefficient (Wildman–Crippen LogP) is -0.816. The lowest BCUT2D eigenvalue weighted by Crippen LogP contribution is -2.32. The van der Waals surface area contributed by atoms with Gasteiger partial charge in [-0.25, -0.2) is 0 Å². The Bertz CT molecular complexity index is 363. The van der Waals surface area contributed by atoms with Crippen LogP contribution in [-0.2, 0) is 17.8 Å². The highest BCUT2D eigenvalue weighted by molar-refractivity contribution is 5.73. The van der Waals surface area contributed by atoms with Gasteiger partial charge in [-0.3, -0.25) is 9.48 Å². The SMILES string of the molecule is CN(C)CCCn1cc(CC(N)C(=O)O)nn1. The number of carboxylic acids is 1. The number of rotatable bonds is 7. The molecule has 0 saturated carbocycles. The molecule has 0 aliphatic carbocycles. The van der Waals surface area contributed by atoms with Gasteiger partial charge < -0.3 is 15.7 Å². The Morgan fingerprint density at radius 2 is 2.35 bits per heavy atom. The van der Waals surface area contributed by atoms with Gasteiger partial charge in [0.05, 0.1) is 5.69 Å². The fourth-order valence-corrected chi connectivity index (χ4v) is 1.40. The Kier molecular flexibility index (Phi) is 5.05. The molecule has 1 rings (SSSR count). The summed E-state index contributed by atoms with van der Waals surface area (Å²) in [6.07, 6.45) is 2.93. The van der Waals surface area contributed by atoms with Crippen LogP contribution in [0.25, 0.3) is 0 Å². The third-order valence-corrected chi connectivity index (χ3v) is 2.32. The van der Waals surface area contributed by atoms with Gasteiger partial charge in [0.15, 0.2) is 0 Å². The second-order valence-corrected chi connectivity index (χ2v) is 4.28. The van der Waals surface area contributed by atoms with Crippen LogP contribution in [0.5, 0.6) is 0 Å². The number of aryl methyl sites for hydroxylation is 1.